The summed E-state index contributed by atoms with van der Waals surface area (Å²) < 4.78 is 44.7. The number of benzene rings is 3. The summed E-state index contributed by atoms with van der Waals surface area (Å²) in [6.07, 6.45) is -3.63. The molecule has 0 radical (unpaired) electrons. The Hall–Kier alpha value is -4.45. The topological polar surface area (TPSA) is 95.1 Å². The molecule has 3 amide bonds. The van der Waals surface area contributed by atoms with Gasteiger partial charge in [0.15, 0.2) is 5.17 Å². The number of amides is 3. The molecule has 0 saturated carbocycles. The summed E-state index contributed by atoms with van der Waals surface area (Å²) in [7, 11) is 1.53. The number of fused-ring (bicyclic) bond motifs is 1. The number of aliphatic imine (C=N–C) groups is 1. The number of carbonyl (C=O) groups is 2. The second kappa shape index (κ2) is 12.2. The monoisotopic (exact) mass is 595 g/mol. The van der Waals surface area contributed by atoms with E-state index >= 15 is 0 Å². The molecule has 1 unspecified atom stereocenters. The number of halogens is 3. The standard InChI is InChI=1S/C30H28F3N5O3S/c1-18-25(27(39)37-23-12-3-4-13-24(23)41-2)26(38-14-7-15-42-29(38)34-18)19-8-5-10-21(16-19)35-28(40)36-22-11-6-9-20(17-22)30(31,32)33/h3-6,8-13,16-17,26H,7,14-15H2,1-2H3,(H,37,39)(H2,35,36,40). The van der Waals surface area contributed by atoms with E-state index < -0.39 is 23.8 Å². The van der Waals surface area contributed by atoms with Crippen LogP contribution < -0.4 is 20.7 Å². The quantitative estimate of drug-likeness (QED) is 0.282. The first-order valence-electron chi connectivity index (χ1n) is 13.1. The van der Waals surface area contributed by atoms with Crippen molar-refractivity contribution in [1.82, 2.24) is 4.90 Å². The highest BCUT2D eigenvalue weighted by Crippen LogP contribution is 2.41. The minimum atomic E-state index is -4.53. The van der Waals surface area contributed by atoms with E-state index in [2.05, 4.69) is 20.9 Å². The maximum absolute atomic E-state index is 13.8. The summed E-state index contributed by atoms with van der Waals surface area (Å²) in [4.78, 5) is 33.3. The summed E-state index contributed by atoms with van der Waals surface area (Å²) in [5.74, 6) is 1.10. The van der Waals surface area contributed by atoms with Gasteiger partial charge in [-0.2, -0.15) is 13.2 Å². The van der Waals surface area contributed by atoms with Crippen LogP contribution in [-0.4, -0.2) is 41.4 Å². The van der Waals surface area contributed by atoms with Crippen molar-refractivity contribution in [3.63, 3.8) is 0 Å². The van der Waals surface area contributed by atoms with Crippen LogP contribution in [-0.2, 0) is 11.0 Å². The van der Waals surface area contributed by atoms with Crippen LogP contribution in [0.15, 0.2) is 89.1 Å². The average Bonchev–Trinajstić information content (AvgIpc) is 2.96. The van der Waals surface area contributed by atoms with E-state index in [1.165, 1.54) is 19.2 Å². The molecule has 2 aliphatic rings. The van der Waals surface area contributed by atoms with Gasteiger partial charge in [0.05, 0.1) is 35.7 Å². The average molecular weight is 596 g/mol. The maximum atomic E-state index is 13.8. The number of amidine groups is 1. The summed E-state index contributed by atoms with van der Waals surface area (Å²) in [6, 6.07) is 17.4. The van der Waals surface area contributed by atoms with Crippen LogP contribution >= 0.6 is 11.8 Å². The van der Waals surface area contributed by atoms with Gasteiger partial charge in [0.2, 0.25) is 0 Å². The number of nitrogens with zero attached hydrogens (tertiary/aromatic N) is 2. The van der Waals surface area contributed by atoms with Gasteiger partial charge in [0, 0.05) is 23.7 Å². The molecule has 2 heterocycles. The van der Waals surface area contributed by atoms with Crippen LogP contribution in [0.5, 0.6) is 5.75 Å². The zero-order valence-electron chi connectivity index (χ0n) is 22.8. The maximum Gasteiger partial charge on any atom is 0.416 e. The number of alkyl halides is 3. The molecule has 1 saturated heterocycles. The minimum Gasteiger partial charge on any atom is -0.495 e. The van der Waals surface area contributed by atoms with E-state index in [0.29, 0.717) is 34.9 Å². The molecule has 0 spiro atoms. The Morgan fingerprint density at radius 3 is 2.43 bits per heavy atom. The van der Waals surface area contributed by atoms with E-state index in [1.807, 2.05) is 12.1 Å². The molecule has 218 valence electrons. The number of nitrogens with one attached hydrogen (secondary N) is 3. The molecular weight excluding hydrogens is 567 g/mol. The number of methoxy groups -OCH3 is 1. The fourth-order valence-corrected chi connectivity index (χ4v) is 5.92. The smallest absolute Gasteiger partial charge is 0.416 e. The van der Waals surface area contributed by atoms with E-state index in [0.717, 1.165) is 35.0 Å². The van der Waals surface area contributed by atoms with Gasteiger partial charge in [-0.05, 0) is 61.4 Å². The van der Waals surface area contributed by atoms with Crippen molar-refractivity contribution < 1.29 is 27.5 Å². The molecule has 3 aromatic rings. The highest BCUT2D eigenvalue weighted by Gasteiger charge is 2.37. The lowest BCUT2D eigenvalue weighted by molar-refractivity contribution is -0.137. The Labute approximate surface area is 245 Å². The van der Waals surface area contributed by atoms with Crippen molar-refractivity contribution in [2.24, 2.45) is 4.99 Å². The van der Waals surface area contributed by atoms with Gasteiger partial charge >= 0.3 is 12.2 Å². The molecule has 3 N–H and O–H groups in total. The third kappa shape index (κ3) is 6.38. The molecule has 0 aliphatic carbocycles. The number of hydrogen-bond donors (Lipinski definition) is 3. The third-order valence-electron chi connectivity index (χ3n) is 6.77. The van der Waals surface area contributed by atoms with Gasteiger partial charge in [0.1, 0.15) is 5.75 Å². The molecule has 3 aromatic carbocycles. The molecule has 0 aromatic heterocycles. The molecule has 12 heteroatoms. The van der Waals surface area contributed by atoms with Gasteiger partial charge in [0.25, 0.3) is 5.91 Å². The van der Waals surface area contributed by atoms with Crippen LogP contribution in [0.4, 0.5) is 35.0 Å². The summed E-state index contributed by atoms with van der Waals surface area (Å²) in [5, 5.41) is 8.92. The number of urea groups is 1. The molecule has 42 heavy (non-hydrogen) atoms. The van der Waals surface area contributed by atoms with E-state index in [9.17, 15) is 22.8 Å². The second-order valence-corrected chi connectivity index (χ2v) is 10.7. The molecule has 5 rings (SSSR count). The first kappa shape index (κ1) is 29.1. The van der Waals surface area contributed by atoms with Crippen LogP contribution in [0, 0.1) is 0 Å². The number of rotatable bonds is 6. The van der Waals surface area contributed by atoms with Gasteiger partial charge < -0.3 is 25.6 Å². The Balaban J connectivity index is 1.42. The molecule has 2 aliphatic heterocycles. The lowest BCUT2D eigenvalue weighted by Gasteiger charge is -2.41. The van der Waals surface area contributed by atoms with Crippen LogP contribution in [0.25, 0.3) is 0 Å². The summed E-state index contributed by atoms with van der Waals surface area (Å²) in [5.41, 5.74) is 1.85. The fraction of sp³-hybridized carbons (Fsp3) is 0.233. The van der Waals surface area contributed by atoms with Crippen LogP contribution in [0.1, 0.15) is 30.5 Å². The zero-order valence-corrected chi connectivity index (χ0v) is 23.6. The second-order valence-electron chi connectivity index (χ2n) is 9.63. The van der Waals surface area contributed by atoms with Gasteiger partial charge in [-0.3, -0.25) is 4.79 Å². The van der Waals surface area contributed by atoms with Crippen molar-refractivity contribution in [1.29, 1.82) is 0 Å². The van der Waals surface area contributed by atoms with Crippen molar-refractivity contribution >= 4 is 45.9 Å². The number of para-hydroxylation sites is 2. The van der Waals surface area contributed by atoms with E-state index in [-0.39, 0.29) is 11.6 Å². The van der Waals surface area contributed by atoms with Crippen LogP contribution in [0.3, 0.4) is 0 Å². The molecule has 8 nitrogen and oxygen atoms in total. The Morgan fingerprint density at radius 1 is 0.976 bits per heavy atom. The minimum absolute atomic E-state index is 0.00538. The van der Waals surface area contributed by atoms with Crippen molar-refractivity contribution in [2.75, 3.05) is 35.4 Å². The van der Waals surface area contributed by atoms with Crippen molar-refractivity contribution in [3.8, 4) is 5.75 Å². The van der Waals surface area contributed by atoms with Gasteiger partial charge in [-0.25, -0.2) is 9.79 Å². The van der Waals surface area contributed by atoms with Crippen molar-refractivity contribution in [2.45, 2.75) is 25.6 Å². The Bertz CT molecular complexity index is 1570. The normalized spacial score (nSPS) is 16.7. The first-order chi connectivity index (χ1) is 20.1. The Morgan fingerprint density at radius 2 is 1.69 bits per heavy atom. The number of allylic oxidation sites excluding steroid dienone is 1. The summed E-state index contributed by atoms with van der Waals surface area (Å²) in [6.45, 7) is 2.48. The van der Waals surface area contributed by atoms with E-state index in [1.54, 1.807) is 55.1 Å². The predicted molar refractivity (Wildman–Crippen MR) is 159 cm³/mol. The number of anilines is 3. The highest BCUT2D eigenvalue weighted by atomic mass is 32.2. The number of ether oxygens (including phenoxy) is 1. The van der Waals surface area contributed by atoms with Gasteiger partial charge in [-0.1, -0.05) is 42.1 Å². The predicted octanol–water partition coefficient (Wildman–Crippen LogP) is 7.12. The fourth-order valence-electron chi connectivity index (χ4n) is 4.90. The SMILES string of the molecule is COc1ccccc1NC(=O)C1=C(C)N=C2SCCCN2C1c1cccc(NC(=O)Nc2cccc(C(F)(F)F)c2)c1. The summed E-state index contributed by atoms with van der Waals surface area (Å²) >= 11 is 1.62. The zero-order chi connectivity index (χ0) is 29.9. The lowest BCUT2D eigenvalue weighted by Crippen LogP contribution is -2.43. The number of hydrogen-bond acceptors (Lipinski definition) is 6. The number of carbonyl (C=O) groups excluding carboxylic acids is 2. The molecular formula is C30H28F3N5O3S. The lowest BCUT2D eigenvalue weighted by atomic mass is 9.93. The van der Waals surface area contributed by atoms with Crippen molar-refractivity contribution in [3.05, 3.63) is 95.2 Å². The molecule has 1 atom stereocenters. The van der Waals surface area contributed by atoms with Gasteiger partial charge in [-0.15, -0.1) is 0 Å². The van der Waals surface area contributed by atoms with Crippen LogP contribution in [0.2, 0.25) is 0 Å². The number of thioether (sulfide) groups is 1. The Kier molecular flexibility index (Phi) is 8.44. The largest absolute Gasteiger partial charge is 0.495 e. The highest BCUT2D eigenvalue weighted by molar-refractivity contribution is 8.13. The first-order valence-corrected chi connectivity index (χ1v) is 14.1. The molecule has 0 bridgehead atoms. The molecule has 1 fully saturated rings. The third-order valence-corrected chi connectivity index (χ3v) is 7.84. The van der Waals surface area contributed by atoms with E-state index in [4.69, 9.17) is 9.73 Å².